The van der Waals surface area contributed by atoms with Gasteiger partial charge >= 0.3 is 5.97 Å². The van der Waals surface area contributed by atoms with Crippen LogP contribution < -0.4 is 0 Å². The zero-order valence-electron chi connectivity index (χ0n) is 10.0. The maximum Gasteiger partial charge on any atom is 0.307 e. The summed E-state index contributed by atoms with van der Waals surface area (Å²) in [6.45, 7) is 0. The van der Waals surface area contributed by atoms with Crippen molar-refractivity contribution in [3.8, 4) is 0 Å². The Morgan fingerprint density at radius 3 is 2.44 bits per heavy atom. The third-order valence-electron chi connectivity index (χ3n) is 2.83. The Bertz CT molecular complexity index is 505. The lowest BCUT2D eigenvalue weighted by Gasteiger charge is -2.18. The summed E-state index contributed by atoms with van der Waals surface area (Å²) in [5, 5.41) is 0. The summed E-state index contributed by atoms with van der Waals surface area (Å²) in [4.78, 5) is 11.4. The number of halogens is 1. The normalized spacial score (nSPS) is 12.1. The molecule has 2 rings (SSSR count). The van der Waals surface area contributed by atoms with Crippen molar-refractivity contribution in [2.24, 2.45) is 0 Å². The molecule has 1 atom stereocenters. The molecule has 0 saturated carbocycles. The molecule has 0 radical (unpaired) electrons. The van der Waals surface area contributed by atoms with Crippen LogP contribution in [0.1, 0.15) is 18.0 Å². The van der Waals surface area contributed by atoms with Gasteiger partial charge in [-0.25, -0.2) is 4.39 Å². The monoisotopic (exact) mass is 247 g/mol. The van der Waals surface area contributed by atoms with E-state index in [2.05, 4.69) is 0 Å². The first-order valence-corrected chi connectivity index (χ1v) is 5.65. The molecule has 0 aliphatic carbocycles. The predicted molar refractivity (Wildman–Crippen MR) is 65.6 cm³/mol. The number of carbonyl (C=O) groups is 1. The molecule has 0 bridgehead atoms. The minimum atomic E-state index is -0.293. The Kier molecular flexibility index (Phi) is 3.77. The van der Waals surface area contributed by atoms with Crippen molar-refractivity contribution < 1.29 is 13.9 Å². The molecule has 1 heterocycles. The number of methoxy groups -OCH3 is 1. The summed E-state index contributed by atoms with van der Waals surface area (Å²) in [6, 6.07) is 9.74. The Morgan fingerprint density at radius 2 is 1.89 bits per heavy atom. The molecule has 0 amide bonds. The lowest BCUT2D eigenvalue weighted by atomic mass is 10.0. The third kappa shape index (κ3) is 2.77. The van der Waals surface area contributed by atoms with Crippen molar-refractivity contribution in [1.29, 1.82) is 0 Å². The zero-order valence-corrected chi connectivity index (χ0v) is 10.0. The lowest BCUT2D eigenvalue weighted by Crippen LogP contribution is -2.15. The largest absolute Gasteiger partial charge is 0.469 e. The van der Waals surface area contributed by atoms with Gasteiger partial charge in [0, 0.05) is 12.4 Å². The molecule has 4 heteroatoms. The van der Waals surface area contributed by atoms with Gasteiger partial charge in [-0.05, 0) is 29.8 Å². The number of hydrogen-bond acceptors (Lipinski definition) is 2. The van der Waals surface area contributed by atoms with Crippen molar-refractivity contribution in [3.05, 3.63) is 60.2 Å². The van der Waals surface area contributed by atoms with Crippen LogP contribution in [0.4, 0.5) is 4.39 Å². The van der Waals surface area contributed by atoms with Crippen LogP contribution in [0.2, 0.25) is 0 Å². The van der Waals surface area contributed by atoms with Crippen LogP contribution in [0, 0.1) is 5.82 Å². The fraction of sp³-hybridized carbons (Fsp3) is 0.214. The second kappa shape index (κ2) is 5.49. The quantitative estimate of drug-likeness (QED) is 0.778. The first kappa shape index (κ1) is 12.4. The van der Waals surface area contributed by atoms with Crippen LogP contribution in [-0.4, -0.2) is 17.6 Å². The lowest BCUT2D eigenvalue weighted by molar-refractivity contribution is -0.141. The molecule has 1 aromatic heterocycles. The first-order chi connectivity index (χ1) is 8.70. The molecule has 1 unspecified atom stereocenters. The SMILES string of the molecule is COC(=O)CC(c1ccc(F)cc1)n1cccc1. The number of nitrogens with zero attached hydrogens (tertiary/aromatic N) is 1. The molecule has 0 N–H and O–H groups in total. The number of aromatic nitrogens is 1. The topological polar surface area (TPSA) is 31.2 Å². The second-order valence-electron chi connectivity index (χ2n) is 3.98. The standard InChI is InChI=1S/C14H14FNO2/c1-18-14(17)10-13(16-8-2-3-9-16)11-4-6-12(15)7-5-11/h2-9,13H,10H2,1H3. The number of hydrogen-bond donors (Lipinski definition) is 0. The highest BCUT2D eigenvalue weighted by Crippen LogP contribution is 2.23. The van der Waals surface area contributed by atoms with Crippen LogP contribution >= 0.6 is 0 Å². The average Bonchev–Trinajstić information content (AvgIpc) is 2.90. The minimum Gasteiger partial charge on any atom is -0.469 e. The fourth-order valence-electron chi connectivity index (χ4n) is 1.88. The molecule has 0 fully saturated rings. The Hall–Kier alpha value is -2.10. The van der Waals surface area contributed by atoms with Crippen LogP contribution in [0.25, 0.3) is 0 Å². The molecule has 0 aliphatic rings. The average molecular weight is 247 g/mol. The van der Waals surface area contributed by atoms with Gasteiger partial charge in [0.25, 0.3) is 0 Å². The Labute approximate surface area is 105 Å². The van der Waals surface area contributed by atoms with Gasteiger partial charge in [0.05, 0.1) is 19.6 Å². The third-order valence-corrected chi connectivity index (χ3v) is 2.83. The van der Waals surface area contributed by atoms with E-state index in [-0.39, 0.29) is 24.2 Å². The van der Waals surface area contributed by atoms with Crippen molar-refractivity contribution in [2.45, 2.75) is 12.5 Å². The van der Waals surface area contributed by atoms with E-state index in [4.69, 9.17) is 4.74 Å². The first-order valence-electron chi connectivity index (χ1n) is 5.65. The van der Waals surface area contributed by atoms with Gasteiger partial charge in [0.15, 0.2) is 0 Å². The van der Waals surface area contributed by atoms with Gasteiger partial charge in [-0.1, -0.05) is 12.1 Å². The number of ether oxygens (including phenoxy) is 1. The van der Waals surface area contributed by atoms with Crippen molar-refractivity contribution in [1.82, 2.24) is 4.57 Å². The number of esters is 1. The van der Waals surface area contributed by atoms with Gasteiger partial charge in [0.2, 0.25) is 0 Å². The van der Waals surface area contributed by atoms with E-state index < -0.39 is 0 Å². The highest BCUT2D eigenvalue weighted by molar-refractivity contribution is 5.70. The van der Waals surface area contributed by atoms with Crippen LogP contribution in [0.15, 0.2) is 48.8 Å². The predicted octanol–water partition coefficient (Wildman–Crippen LogP) is 2.78. The molecule has 3 nitrogen and oxygen atoms in total. The molecule has 2 aromatic rings. The highest BCUT2D eigenvalue weighted by Gasteiger charge is 2.17. The van der Waals surface area contributed by atoms with Crippen molar-refractivity contribution >= 4 is 5.97 Å². The molecule has 18 heavy (non-hydrogen) atoms. The molecule has 94 valence electrons. The van der Waals surface area contributed by atoms with Gasteiger partial charge < -0.3 is 9.30 Å². The summed E-state index contributed by atoms with van der Waals surface area (Å²) in [5.74, 6) is -0.582. The zero-order chi connectivity index (χ0) is 13.0. The van der Waals surface area contributed by atoms with E-state index in [0.29, 0.717) is 0 Å². The second-order valence-corrected chi connectivity index (χ2v) is 3.98. The summed E-state index contributed by atoms with van der Waals surface area (Å²) < 4.78 is 19.5. The van der Waals surface area contributed by atoms with E-state index >= 15 is 0 Å². The summed E-state index contributed by atoms with van der Waals surface area (Å²) in [5.41, 5.74) is 0.873. The molecular weight excluding hydrogens is 233 g/mol. The van der Waals surface area contributed by atoms with E-state index in [1.807, 2.05) is 29.1 Å². The van der Waals surface area contributed by atoms with Gasteiger partial charge in [-0.2, -0.15) is 0 Å². The summed E-state index contributed by atoms with van der Waals surface area (Å²) in [6.07, 6.45) is 3.96. The molecule has 0 saturated heterocycles. The van der Waals surface area contributed by atoms with Crippen molar-refractivity contribution in [3.63, 3.8) is 0 Å². The van der Waals surface area contributed by atoms with E-state index in [9.17, 15) is 9.18 Å². The highest BCUT2D eigenvalue weighted by atomic mass is 19.1. The van der Waals surface area contributed by atoms with Gasteiger partial charge in [-0.3, -0.25) is 4.79 Å². The van der Waals surface area contributed by atoms with Gasteiger partial charge in [-0.15, -0.1) is 0 Å². The molecule has 0 spiro atoms. The maximum absolute atomic E-state index is 12.9. The van der Waals surface area contributed by atoms with Crippen LogP contribution in [0.3, 0.4) is 0 Å². The van der Waals surface area contributed by atoms with Crippen LogP contribution in [-0.2, 0) is 9.53 Å². The summed E-state index contributed by atoms with van der Waals surface area (Å²) in [7, 11) is 1.36. The number of rotatable bonds is 4. The molecular formula is C14H14FNO2. The number of benzene rings is 1. The summed E-state index contributed by atoms with van der Waals surface area (Å²) >= 11 is 0. The van der Waals surface area contributed by atoms with E-state index in [1.54, 1.807) is 12.1 Å². The maximum atomic E-state index is 12.9. The smallest absolute Gasteiger partial charge is 0.307 e. The van der Waals surface area contributed by atoms with Gasteiger partial charge in [0.1, 0.15) is 5.82 Å². The van der Waals surface area contributed by atoms with E-state index in [0.717, 1.165) is 5.56 Å². The number of carbonyl (C=O) groups excluding carboxylic acids is 1. The molecule has 1 aromatic carbocycles. The Balaban J connectivity index is 2.30. The van der Waals surface area contributed by atoms with Crippen LogP contribution in [0.5, 0.6) is 0 Å². The fourth-order valence-corrected chi connectivity index (χ4v) is 1.88. The van der Waals surface area contributed by atoms with Crippen molar-refractivity contribution in [2.75, 3.05) is 7.11 Å². The van der Waals surface area contributed by atoms with E-state index in [1.165, 1.54) is 19.2 Å². The molecule has 0 aliphatic heterocycles. The Morgan fingerprint density at radius 1 is 1.28 bits per heavy atom. The minimum absolute atomic E-state index is 0.173.